The van der Waals surface area contributed by atoms with Crippen molar-refractivity contribution in [3.05, 3.63) is 69.7 Å². The molecule has 1 atom stereocenters. The van der Waals surface area contributed by atoms with Crippen LogP contribution in [0.4, 0.5) is 4.79 Å². The van der Waals surface area contributed by atoms with Crippen molar-refractivity contribution in [1.82, 2.24) is 10.2 Å². The van der Waals surface area contributed by atoms with E-state index in [2.05, 4.69) is 5.32 Å². The summed E-state index contributed by atoms with van der Waals surface area (Å²) < 4.78 is 0. The number of carbonyl (C=O) groups is 3. The van der Waals surface area contributed by atoms with Gasteiger partial charge in [0, 0.05) is 10.0 Å². The van der Waals surface area contributed by atoms with Gasteiger partial charge in [0.25, 0.3) is 5.91 Å². The molecule has 1 N–H and O–H groups in total. The second-order valence-electron chi connectivity index (χ2n) is 5.43. The molecule has 5 nitrogen and oxygen atoms in total. The minimum absolute atomic E-state index is 0.290. The lowest BCUT2D eigenvalue weighted by atomic mass is 9.89. The highest BCUT2D eigenvalue weighted by atomic mass is 35.5. The van der Waals surface area contributed by atoms with Crippen molar-refractivity contribution in [2.24, 2.45) is 0 Å². The Balaban J connectivity index is 2.17. The van der Waals surface area contributed by atoms with Crippen molar-refractivity contribution in [2.45, 2.75) is 4.87 Å². The first-order valence-electron chi connectivity index (χ1n) is 7.19. The largest absolute Gasteiger partial charge is 0.331 e. The second kappa shape index (κ2) is 6.67. The number of nitrogens with zero attached hydrogens (tertiary/aromatic N) is 1. The Hall–Kier alpha value is -2.08. The summed E-state index contributed by atoms with van der Waals surface area (Å²) >= 11 is 18.9. The van der Waals surface area contributed by atoms with Crippen LogP contribution in [0.3, 0.4) is 0 Å². The van der Waals surface area contributed by atoms with Crippen LogP contribution in [-0.2, 0) is 14.5 Å². The van der Waals surface area contributed by atoms with Gasteiger partial charge in [-0.15, -0.1) is 0 Å². The first kappa shape index (κ1) is 17.7. The van der Waals surface area contributed by atoms with Crippen LogP contribution in [0.15, 0.2) is 48.5 Å². The van der Waals surface area contributed by atoms with E-state index in [1.165, 1.54) is 18.2 Å². The Morgan fingerprint density at radius 1 is 1.00 bits per heavy atom. The summed E-state index contributed by atoms with van der Waals surface area (Å²) in [6.07, 6.45) is 0. The number of hydrogen-bond acceptors (Lipinski definition) is 3. The lowest BCUT2D eigenvalue weighted by molar-refractivity contribution is -0.131. The highest BCUT2D eigenvalue weighted by Gasteiger charge is 2.47. The standard InChI is InChI=1S/C17H11Cl3N2O3/c18-12-6-11(7-13(19)8-12)17(20,10-4-2-1-3-5-10)15(24)22-9-14(23)21-16(22)25/h1-8H,9H2,(H,21,23,25). The minimum Gasteiger partial charge on any atom is -0.276 e. The van der Waals surface area contributed by atoms with Crippen LogP contribution in [0.25, 0.3) is 0 Å². The summed E-state index contributed by atoms with van der Waals surface area (Å²) in [6, 6.07) is 12.2. The zero-order chi connectivity index (χ0) is 18.2. The normalized spacial score (nSPS) is 16.5. The monoisotopic (exact) mass is 396 g/mol. The van der Waals surface area contributed by atoms with Crippen LogP contribution in [0.1, 0.15) is 11.1 Å². The van der Waals surface area contributed by atoms with Crippen molar-refractivity contribution in [3.63, 3.8) is 0 Å². The molecule has 1 unspecified atom stereocenters. The van der Waals surface area contributed by atoms with E-state index in [0.717, 1.165) is 4.90 Å². The maximum absolute atomic E-state index is 13.1. The third-order valence-corrected chi connectivity index (χ3v) is 4.80. The summed E-state index contributed by atoms with van der Waals surface area (Å²) in [6.45, 7) is -0.396. The molecule has 0 spiro atoms. The van der Waals surface area contributed by atoms with Crippen LogP contribution >= 0.6 is 34.8 Å². The molecule has 128 valence electrons. The smallest absolute Gasteiger partial charge is 0.276 e. The molecule has 1 heterocycles. The average Bonchev–Trinajstić information content (AvgIpc) is 2.91. The van der Waals surface area contributed by atoms with E-state index in [0.29, 0.717) is 21.2 Å². The zero-order valence-electron chi connectivity index (χ0n) is 12.6. The molecule has 0 aromatic heterocycles. The lowest BCUT2D eigenvalue weighted by Gasteiger charge is -2.30. The summed E-state index contributed by atoms with van der Waals surface area (Å²) in [7, 11) is 0. The fourth-order valence-electron chi connectivity index (χ4n) is 2.63. The van der Waals surface area contributed by atoms with Crippen molar-refractivity contribution in [2.75, 3.05) is 6.54 Å². The Labute approximate surface area is 158 Å². The molecular weight excluding hydrogens is 387 g/mol. The van der Waals surface area contributed by atoms with Crippen molar-refractivity contribution in [3.8, 4) is 0 Å². The summed E-state index contributed by atoms with van der Waals surface area (Å²) in [4.78, 5) is 35.5. The average molecular weight is 398 g/mol. The van der Waals surface area contributed by atoms with Gasteiger partial charge < -0.3 is 0 Å². The Bertz CT molecular complexity index is 852. The third kappa shape index (κ3) is 3.23. The van der Waals surface area contributed by atoms with Crippen molar-refractivity contribution < 1.29 is 14.4 Å². The molecule has 4 amide bonds. The van der Waals surface area contributed by atoms with Gasteiger partial charge in [-0.2, -0.15) is 0 Å². The number of hydrogen-bond donors (Lipinski definition) is 1. The Kier molecular flexibility index (Phi) is 4.73. The van der Waals surface area contributed by atoms with Gasteiger partial charge in [0.15, 0.2) is 4.87 Å². The summed E-state index contributed by atoms with van der Waals surface area (Å²) in [5.41, 5.74) is 0.724. The molecule has 1 saturated heterocycles. The van der Waals surface area contributed by atoms with Gasteiger partial charge in [-0.25, -0.2) is 4.79 Å². The van der Waals surface area contributed by atoms with Crippen LogP contribution in [0, 0.1) is 0 Å². The van der Waals surface area contributed by atoms with E-state index in [-0.39, 0.29) is 0 Å². The summed E-state index contributed by atoms with van der Waals surface area (Å²) in [5.74, 6) is -1.34. The number of alkyl halides is 1. The lowest BCUT2D eigenvalue weighted by Crippen LogP contribution is -2.46. The van der Waals surface area contributed by atoms with Crippen LogP contribution < -0.4 is 5.32 Å². The van der Waals surface area contributed by atoms with E-state index >= 15 is 0 Å². The van der Waals surface area contributed by atoms with Crippen LogP contribution in [-0.4, -0.2) is 29.3 Å². The number of benzene rings is 2. The topological polar surface area (TPSA) is 66.5 Å². The van der Waals surface area contributed by atoms with Gasteiger partial charge in [-0.1, -0.05) is 65.1 Å². The highest BCUT2D eigenvalue weighted by molar-refractivity contribution is 6.39. The minimum atomic E-state index is -1.77. The molecule has 0 saturated carbocycles. The first-order chi connectivity index (χ1) is 11.8. The number of rotatable bonds is 3. The highest BCUT2D eigenvalue weighted by Crippen LogP contribution is 2.41. The fourth-order valence-corrected chi connectivity index (χ4v) is 3.49. The van der Waals surface area contributed by atoms with Gasteiger partial charge in [0.05, 0.1) is 0 Å². The number of urea groups is 1. The molecule has 25 heavy (non-hydrogen) atoms. The molecule has 0 aliphatic carbocycles. The molecule has 1 aliphatic heterocycles. The predicted molar refractivity (Wildman–Crippen MR) is 94.8 cm³/mol. The molecule has 8 heteroatoms. The molecule has 0 radical (unpaired) electrons. The SMILES string of the molecule is O=C1CN(C(=O)C(Cl)(c2ccccc2)c2cc(Cl)cc(Cl)c2)C(=O)N1. The van der Waals surface area contributed by atoms with Gasteiger partial charge >= 0.3 is 6.03 Å². The summed E-state index contributed by atoms with van der Waals surface area (Å²) in [5, 5.41) is 2.64. The second-order valence-corrected chi connectivity index (χ2v) is 6.87. The van der Waals surface area contributed by atoms with Crippen LogP contribution in [0.2, 0.25) is 10.0 Å². The molecule has 0 bridgehead atoms. The van der Waals surface area contributed by atoms with Gasteiger partial charge in [0.2, 0.25) is 5.91 Å². The van der Waals surface area contributed by atoms with Crippen molar-refractivity contribution in [1.29, 1.82) is 0 Å². The van der Waals surface area contributed by atoms with Gasteiger partial charge in [-0.3, -0.25) is 19.8 Å². The Morgan fingerprint density at radius 2 is 1.60 bits per heavy atom. The number of halogens is 3. The van der Waals surface area contributed by atoms with E-state index in [9.17, 15) is 14.4 Å². The molecule has 1 aliphatic rings. The van der Waals surface area contributed by atoms with E-state index < -0.39 is 29.3 Å². The van der Waals surface area contributed by atoms with E-state index in [4.69, 9.17) is 34.8 Å². The Morgan fingerprint density at radius 3 is 2.12 bits per heavy atom. The molecule has 2 aromatic carbocycles. The van der Waals surface area contributed by atoms with E-state index in [1.807, 2.05) is 0 Å². The fraction of sp³-hybridized carbons (Fsp3) is 0.118. The van der Waals surface area contributed by atoms with Gasteiger partial charge in [-0.05, 0) is 29.3 Å². The molecule has 2 aromatic rings. The number of amides is 4. The third-order valence-electron chi connectivity index (χ3n) is 3.76. The predicted octanol–water partition coefficient (Wildman–Crippen LogP) is 3.55. The first-order valence-corrected chi connectivity index (χ1v) is 8.32. The van der Waals surface area contributed by atoms with Crippen molar-refractivity contribution >= 4 is 52.6 Å². The number of imide groups is 2. The van der Waals surface area contributed by atoms with E-state index in [1.54, 1.807) is 30.3 Å². The number of carbonyl (C=O) groups excluding carboxylic acids is 3. The molecule has 1 fully saturated rings. The maximum atomic E-state index is 13.1. The quantitative estimate of drug-likeness (QED) is 0.636. The van der Waals surface area contributed by atoms with Gasteiger partial charge in [0.1, 0.15) is 6.54 Å². The van der Waals surface area contributed by atoms with Crippen LogP contribution in [0.5, 0.6) is 0 Å². The molecule has 3 rings (SSSR count). The zero-order valence-corrected chi connectivity index (χ0v) is 14.9. The maximum Gasteiger partial charge on any atom is 0.331 e. The molecular formula is C17H11Cl3N2O3. The number of nitrogens with one attached hydrogen (secondary N) is 1.